The van der Waals surface area contributed by atoms with Crippen LogP contribution < -0.4 is 5.32 Å². The van der Waals surface area contributed by atoms with Crippen LogP contribution in [0.4, 0.5) is 0 Å². The maximum Gasteiger partial charge on any atom is 0.107 e. The average Bonchev–Trinajstić information content (AvgIpc) is 2.73. The Morgan fingerprint density at radius 3 is 3.06 bits per heavy atom. The van der Waals surface area contributed by atoms with E-state index in [0.717, 1.165) is 25.6 Å². The van der Waals surface area contributed by atoms with Gasteiger partial charge in [-0.15, -0.1) is 11.3 Å². The topological polar surface area (TPSA) is 28.2 Å². The van der Waals surface area contributed by atoms with Gasteiger partial charge in [-0.05, 0) is 32.2 Å². The summed E-state index contributed by atoms with van der Waals surface area (Å²) in [6.45, 7) is 10.3. The van der Waals surface area contributed by atoms with Crippen molar-refractivity contribution in [3.05, 3.63) is 16.6 Å². The molecule has 102 valence electrons. The number of aromatic nitrogens is 1. The first kappa shape index (κ1) is 14.0. The molecule has 1 aromatic heterocycles. The van der Waals surface area contributed by atoms with Crippen LogP contribution in [0.3, 0.4) is 0 Å². The Morgan fingerprint density at radius 1 is 1.56 bits per heavy atom. The molecule has 1 saturated heterocycles. The Labute approximate surface area is 115 Å². The molecule has 2 rings (SSSR count). The van der Waals surface area contributed by atoms with Crippen molar-refractivity contribution in [2.45, 2.75) is 52.2 Å². The molecule has 0 radical (unpaired) electrons. The Morgan fingerprint density at radius 2 is 2.39 bits per heavy atom. The third kappa shape index (κ3) is 4.04. The van der Waals surface area contributed by atoms with Gasteiger partial charge in [0.1, 0.15) is 5.01 Å². The second-order valence-electron chi connectivity index (χ2n) is 5.77. The van der Waals surface area contributed by atoms with Crippen LogP contribution in [0.2, 0.25) is 0 Å². The van der Waals surface area contributed by atoms with E-state index in [1.807, 2.05) is 6.20 Å². The second kappa shape index (κ2) is 6.64. The summed E-state index contributed by atoms with van der Waals surface area (Å²) >= 11 is 1.77. The highest BCUT2D eigenvalue weighted by Gasteiger charge is 2.23. The molecule has 0 amide bonds. The largest absolute Gasteiger partial charge is 0.313 e. The Hall–Kier alpha value is -0.450. The van der Waals surface area contributed by atoms with E-state index in [0.29, 0.717) is 12.1 Å². The van der Waals surface area contributed by atoms with Crippen LogP contribution in [-0.2, 0) is 6.54 Å². The van der Waals surface area contributed by atoms with E-state index in [9.17, 15) is 0 Å². The summed E-state index contributed by atoms with van der Waals surface area (Å²) in [5, 5.41) is 7.01. The number of hydrogen-bond acceptors (Lipinski definition) is 4. The van der Waals surface area contributed by atoms with Gasteiger partial charge in [-0.2, -0.15) is 0 Å². The second-order valence-corrected chi connectivity index (χ2v) is 6.75. The first-order chi connectivity index (χ1) is 8.65. The van der Waals surface area contributed by atoms with Crippen molar-refractivity contribution in [2.75, 3.05) is 13.1 Å². The molecule has 1 aliphatic rings. The standard InChI is InChI=1S/C14H25N3S/c1-11(2)8-13-9-17(12(3)4-5-15-13)10-14-16-6-7-18-14/h6-7,11-13,15H,4-5,8-10H2,1-3H3. The van der Waals surface area contributed by atoms with Crippen molar-refractivity contribution in [2.24, 2.45) is 5.92 Å². The van der Waals surface area contributed by atoms with E-state index < -0.39 is 0 Å². The lowest BCUT2D eigenvalue weighted by Gasteiger charge is -2.28. The molecule has 2 atom stereocenters. The van der Waals surface area contributed by atoms with Crippen molar-refractivity contribution < 1.29 is 0 Å². The fraction of sp³-hybridized carbons (Fsp3) is 0.786. The summed E-state index contributed by atoms with van der Waals surface area (Å²) in [7, 11) is 0. The quantitative estimate of drug-likeness (QED) is 0.909. The number of nitrogens with zero attached hydrogens (tertiary/aromatic N) is 2. The van der Waals surface area contributed by atoms with Crippen molar-refractivity contribution in [3.8, 4) is 0 Å². The monoisotopic (exact) mass is 267 g/mol. The van der Waals surface area contributed by atoms with E-state index in [4.69, 9.17) is 0 Å². The lowest BCUT2D eigenvalue weighted by Crippen LogP contribution is -2.40. The highest BCUT2D eigenvalue weighted by atomic mass is 32.1. The van der Waals surface area contributed by atoms with Crippen LogP contribution in [0, 0.1) is 5.92 Å². The van der Waals surface area contributed by atoms with Gasteiger partial charge in [0.25, 0.3) is 0 Å². The lowest BCUT2D eigenvalue weighted by atomic mass is 10.0. The van der Waals surface area contributed by atoms with Crippen LogP contribution in [0.5, 0.6) is 0 Å². The summed E-state index contributed by atoms with van der Waals surface area (Å²) < 4.78 is 0. The van der Waals surface area contributed by atoms with Crippen LogP contribution in [0.1, 0.15) is 38.6 Å². The zero-order valence-electron chi connectivity index (χ0n) is 11.7. The molecule has 1 aliphatic heterocycles. The van der Waals surface area contributed by atoms with Gasteiger partial charge in [0.15, 0.2) is 0 Å². The lowest BCUT2D eigenvalue weighted by molar-refractivity contribution is 0.189. The first-order valence-corrected chi connectivity index (χ1v) is 7.89. The van der Waals surface area contributed by atoms with Crippen molar-refractivity contribution in [3.63, 3.8) is 0 Å². The summed E-state index contributed by atoms with van der Waals surface area (Å²) in [6.07, 6.45) is 4.41. The zero-order chi connectivity index (χ0) is 13.0. The fourth-order valence-electron chi connectivity index (χ4n) is 2.66. The first-order valence-electron chi connectivity index (χ1n) is 7.01. The van der Waals surface area contributed by atoms with Gasteiger partial charge in [-0.25, -0.2) is 4.98 Å². The summed E-state index contributed by atoms with van der Waals surface area (Å²) in [4.78, 5) is 7.01. The minimum absolute atomic E-state index is 0.634. The van der Waals surface area contributed by atoms with Crippen LogP contribution in [0.15, 0.2) is 11.6 Å². The predicted octanol–water partition coefficient (Wildman–Crippen LogP) is 2.74. The minimum Gasteiger partial charge on any atom is -0.313 e. The van der Waals surface area contributed by atoms with Crippen molar-refractivity contribution in [1.82, 2.24) is 15.2 Å². The smallest absolute Gasteiger partial charge is 0.107 e. The molecule has 1 fully saturated rings. The molecule has 4 heteroatoms. The summed E-state index contributed by atoms with van der Waals surface area (Å²) in [5.41, 5.74) is 0. The predicted molar refractivity (Wildman–Crippen MR) is 77.8 cm³/mol. The van der Waals surface area contributed by atoms with Gasteiger partial charge >= 0.3 is 0 Å². The van der Waals surface area contributed by atoms with Gasteiger partial charge in [0, 0.05) is 30.2 Å². The van der Waals surface area contributed by atoms with Crippen LogP contribution in [0.25, 0.3) is 0 Å². The molecule has 1 N–H and O–H groups in total. The Kier molecular flexibility index (Phi) is 5.15. The van der Waals surface area contributed by atoms with E-state index in [1.165, 1.54) is 17.8 Å². The zero-order valence-corrected chi connectivity index (χ0v) is 12.5. The maximum absolute atomic E-state index is 4.42. The molecule has 0 spiro atoms. The van der Waals surface area contributed by atoms with Crippen LogP contribution in [-0.4, -0.2) is 35.1 Å². The molecule has 3 nitrogen and oxygen atoms in total. The molecule has 18 heavy (non-hydrogen) atoms. The number of hydrogen-bond donors (Lipinski definition) is 1. The summed E-state index contributed by atoms with van der Waals surface area (Å²) in [5.74, 6) is 0.762. The third-order valence-corrected chi connectivity index (χ3v) is 4.42. The molecule has 0 bridgehead atoms. The molecular weight excluding hydrogens is 242 g/mol. The van der Waals surface area contributed by atoms with Gasteiger partial charge in [-0.1, -0.05) is 13.8 Å². The van der Waals surface area contributed by atoms with E-state index >= 15 is 0 Å². The molecule has 0 aromatic carbocycles. The van der Waals surface area contributed by atoms with Gasteiger partial charge < -0.3 is 5.32 Å². The fourth-order valence-corrected chi connectivity index (χ4v) is 3.30. The maximum atomic E-state index is 4.42. The molecule has 1 aromatic rings. The highest BCUT2D eigenvalue weighted by Crippen LogP contribution is 2.17. The Bertz CT molecular complexity index is 337. The van der Waals surface area contributed by atoms with Crippen LogP contribution >= 0.6 is 11.3 Å². The van der Waals surface area contributed by atoms with Gasteiger partial charge in [-0.3, -0.25) is 4.90 Å². The SMILES string of the molecule is CC(C)CC1CN(Cc2nccs2)C(C)CCN1. The van der Waals surface area contributed by atoms with E-state index in [1.54, 1.807) is 11.3 Å². The molecular formula is C14H25N3S. The molecule has 2 unspecified atom stereocenters. The van der Waals surface area contributed by atoms with Crippen molar-refractivity contribution >= 4 is 11.3 Å². The third-order valence-electron chi connectivity index (χ3n) is 3.65. The average molecular weight is 267 g/mol. The van der Waals surface area contributed by atoms with Crippen molar-refractivity contribution in [1.29, 1.82) is 0 Å². The normalized spacial score (nSPS) is 26.4. The number of thiazole rings is 1. The number of nitrogens with one attached hydrogen (secondary N) is 1. The minimum atomic E-state index is 0.634. The molecule has 0 aliphatic carbocycles. The van der Waals surface area contributed by atoms with Gasteiger partial charge in [0.05, 0.1) is 6.54 Å². The van der Waals surface area contributed by atoms with E-state index in [2.05, 4.69) is 41.4 Å². The molecule has 0 saturated carbocycles. The molecule has 2 heterocycles. The van der Waals surface area contributed by atoms with Gasteiger partial charge in [0.2, 0.25) is 0 Å². The van der Waals surface area contributed by atoms with E-state index in [-0.39, 0.29) is 0 Å². The number of rotatable bonds is 4. The summed E-state index contributed by atoms with van der Waals surface area (Å²) in [6, 6.07) is 1.29. The highest BCUT2D eigenvalue weighted by molar-refractivity contribution is 7.09. The Balaban J connectivity index is 1.96.